The smallest absolute Gasteiger partial charge is 0.0291 e. The number of hydrazine groups is 1. The Morgan fingerprint density at radius 1 is 1.00 bits per heavy atom. The minimum atomic E-state index is 0.239. The second-order valence-electron chi connectivity index (χ2n) is 5.12. The van der Waals surface area contributed by atoms with Gasteiger partial charge in [-0.1, -0.05) is 29.3 Å². The van der Waals surface area contributed by atoms with Crippen LogP contribution in [0.25, 0.3) is 0 Å². The summed E-state index contributed by atoms with van der Waals surface area (Å²) in [7, 11) is 0. The van der Waals surface area contributed by atoms with Crippen molar-refractivity contribution in [3.63, 3.8) is 0 Å². The number of hydrogen-bond acceptors (Lipinski definition) is 3. The minimum Gasteiger partial charge on any atom is -0.271 e. The summed E-state index contributed by atoms with van der Waals surface area (Å²) in [6.45, 7) is 4.26. The topological polar surface area (TPSA) is 50.9 Å². The number of hydrogen-bond donors (Lipinski definition) is 2. The van der Waals surface area contributed by atoms with E-state index in [4.69, 9.17) is 5.84 Å². The molecule has 1 heterocycles. The summed E-state index contributed by atoms with van der Waals surface area (Å²) in [5.41, 5.74) is 8.10. The highest BCUT2D eigenvalue weighted by Gasteiger charge is 2.09. The Morgan fingerprint density at radius 3 is 2.16 bits per heavy atom. The molecule has 1 atom stereocenters. The highest BCUT2D eigenvalue weighted by atomic mass is 15.2. The number of rotatable bonds is 5. The molecule has 0 aliphatic carbocycles. The molecule has 0 aliphatic rings. The SMILES string of the molecule is Cc1cc(C)cc(CC(Cc2ccncc2)NN)c1. The van der Waals surface area contributed by atoms with Gasteiger partial charge in [-0.3, -0.25) is 16.3 Å². The van der Waals surface area contributed by atoms with E-state index in [1.54, 1.807) is 0 Å². The predicted molar refractivity (Wildman–Crippen MR) is 78.7 cm³/mol. The fourth-order valence-corrected chi connectivity index (χ4v) is 2.46. The van der Waals surface area contributed by atoms with E-state index in [1.165, 1.54) is 22.3 Å². The third-order valence-corrected chi connectivity index (χ3v) is 3.23. The van der Waals surface area contributed by atoms with Crippen LogP contribution in [0.5, 0.6) is 0 Å². The zero-order valence-corrected chi connectivity index (χ0v) is 11.6. The summed E-state index contributed by atoms with van der Waals surface area (Å²) >= 11 is 0. The maximum Gasteiger partial charge on any atom is 0.0291 e. The van der Waals surface area contributed by atoms with Gasteiger partial charge in [0, 0.05) is 18.4 Å². The lowest BCUT2D eigenvalue weighted by Gasteiger charge is -2.16. The van der Waals surface area contributed by atoms with E-state index in [1.807, 2.05) is 24.5 Å². The third-order valence-electron chi connectivity index (χ3n) is 3.23. The number of nitrogens with one attached hydrogen (secondary N) is 1. The van der Waals surface area contributed by atoms with Gasteiger partial charge in [0.1, 0.15) is 0 Å². The Hall–Kier alpha value is -1.71. The van der Waals surface area contributed by atoms with Crippen molar-refractivity contribution in [2.45, 2.75) is 32.7 Å². The fraction of sp³-hybridized carbons (Fsp3) is 0.312. The van der Waals surface area contributed by atoms with E-state index < -0.39 is 0 Å². The van der Waals surface area contributed by atoms with E-state index >= 15 is 0 Å². The molecular formula is C16H21N3. The summed E-state index contributed by atoms with van der Waals surface area (Å²) in [6, 6.07) is 11.0. The van der Waals surface area contributed by atoms with Crippen molar-refractivity contribution in [1.82, 2.24) is 10.4 Å². The monoisotopic (exact) mass is 255 g/mol. The molecule has 0 radical (unpaired) electrons. The molecule has 2 rings (SSSR count). The summed E-state index contributed by atoms with van der Waals surface area (Å²) in [5.74, 6) is 5.68. The molecule has 3 N–H and O–H groups in total. The van der Waals surface area contributed by atoms with Crippen LogP contribution >= 0.6 is 0 Å². The predicted octanol–water partition coefficient (Wildman–Crippen LogP) is 2.32. The lowest BCUT2D eigenvalue weighted by atomic mass is 9.97. The van der Waals surface area contributed by atoms with Crippen molar-refractivity contribution < 1.29 is 0 Å². The van der Waals surface area contributed by atoms with Crippen LogP contribution < -0.4 is 11.3 Å². The molecule has 0 saturated heterocycles. The maximum atomic E-state index is 5.68. The van der Waals surface area contributed by atoms with Gasteiger partial charge in [-0.25, -0.2) is 0 Å². The Kier molecular flexibility index (Phi) is 4.66. The number of nitrogens with two attached hydrogens (primary N) is 1. The molecule has 1 aromatic carbocycles. The molecule has 1 unspecified atom stereocenters. The molecule has 1 aromatic heterocycles. The van der Waals surface area contributed by atoms with Gasteiger partial charge in [-0.2, -0.15) is 0 Å². The first-order valence-electron chi connectivity index (χ1n) is 6.59. The molecule has 3 nitrogen and oxygen atoms in total. The van der Waals surface area contributed by atoms with E-state index in [-0.39, 0.29) is 6.04 Å². The van der Waals surface area contributed by atoms with Crippen molar-refractivity contribution >= 4 is 0 Å². The lowest BCUT2D eigenvalue weighted by Crippen LogP contribution is -2.38. The van der Waals surface area contributed by atoms with Crippen LogP contribution in [-0.4, -0.2) is 11.0 Å². The first-order chi connectivity index (χ1) is 9.17. The van der Waals surface area contributed by atoms with Crippen molar-refractivity contribution in [2.75, 3.05) is 0 Å². The number of benzene rings is 1. The molecule has 0 bridgehead atoms. The zero-order valence-electron chi connectivity index (χ0n) is 11.6. The molecular weight excluding hydrogens is 234 g/mol. The summed E-state index contributed by atoms with van der Waals surface area (Å²) in [5, 5.41) is 0. The Bertz CT molecular complexity index is 503. The van der Waals surface area contributed by atoms with Crippen molar-refractivity contribution in [3.8, 4) is 0 Å². The lowest BCUT2D eigenvalue weighted by molar-refractivity contribution is 0.522. The zero-order chi connectivity index (χ0) is 13.7. The van der Waals surface area contributed by atoms with Crippen LogP contribution in [0.15, 0.2) is 42.7 Å². The van der Waals surface area contributed by atoms with Gasteiger partial charge in [0.2, 0.25) is 0 Å². The molecule has 19 heavy (non-hydrogen) atoms. The number of aromatic nitrogens is 1. The van der Waals surface area contributed by atoms with Gasteiger partial charge in [0.15, 0.2) is 0 Å². The van der Waals surface area contributed by atoms with Crippen LogP contribution in [0.1, 0.15) is 22.3 Å². The normalized spacial score (nSPS) is 12.4. The molecule has 100 valence electrons. The van der Waals surface area contributed by atoms with Gasteiger partial charge < -0.3 is 0 Å². The summed E-state index contributed by atoms with van der Waals surface area (Å²) in [6.07, 6.45) is 5.48. The second kappa shape index (κ2) is 6.45. The molecule has 0 saturated carbocycles. The van der Waals surface area contributed by atoms with Crippen LogP contribution in [0.4, 0.5) is 0 Å². The fourth-order valence-electron chi connectivity index (χ4n) is 2.46. The number of pyridine rings is 1. The number of nitrogens with zero attached hydrogens (tertiary/aromatic N) is 1. The van der Waals surface area contributed by atoms with Crippen LogP contribution in [-0.2, 0) is 12.8 Å². The Morgan fingerprint density at radius 2 is 1.58 bits per heavy atom. The van der Waals surface area contributed by atoms with Gasteiger partial charge in [0.25, 0.3) is 0 Å². The quantitative estimate of drug-likeness (QED) is 0.637. The summed E-state index contributed by atoms with van der Waals surface area (Å²) in [4.78, 5) is 4.03. The van der Waals surface area contributed by atoms with Gasteiger partial charge in [0.05, 0.1) is 0 Å². The molecule has 0 aliphatic heterocycles. The van der Waals surface area contributed by atoms with Gasteiger partial charge >= 0.3 is 0 Å². The van der Waals surface area contributed by atoms with Crippen molar-refractivity contribution in [3.05, 3.63) is 65.0 Å². The van der Waals surface area contributed by atoms with Crippen LogP contribution in [0, 0.1) is 13.8 Å². The van der Waals surface area contributed by atoms with E-state index in [0.29, 0.717) is 0 Å². The van der Waals surface area contributed by atoms with E-state index in [9.17, 15) is 0 Å². The van der Waals surface area contributed by atoms with Gasteiger partial charge in [-0.05, 0) is 49.9 Å². The molecule has 0 fully saturated rings. The average molecular weight is 255 g/mol. The molecule has 0 amide bonds. The third kappa shape index (κ3) is 4.16. The van der Waals surface area contributed by atoms with E-state index in [0.717, 1.165) is 12.8 Å². The van der Waals surface area contributed by atoms with Crippen molar-refractivity contribution in [2.24, 2.45) is 5.84 Å². The highest BCUT2D eigenvalue weighted by molar-refractivity contribution is 5.29. The highest BCUT2D eigenvalue weighted by Crippen LogP contribution is 2.12. The van der Waals surface area contributed by atoms with E-state index in [2.05, 4.69) is 42.5 Å². The summed E-state index contributed by atoms with van der Waals surface area (Å²) < 4.78 is 0. The average Bonchev–Trinajstić information content (AvgIpc) is 2.38. The standard InChI is InChI=1S/C16H21N3/c1-12-7-13(2)9-15(8-12)11-16(19-17)10-14-3-5-18-6-4-14/h3-9,16,19H,10-11,17H2,1-2H3. The van der Waals surface area contributed by atoms with Crippen LogP contribution in [0.3, 0.4) is 0 Å². The van der Waals surface area contributed by atoms with Crippen LogP contribution in [0.2, 0.25) is 0 Å². The molecule has 3 heteroatoms. The molecule has 0 spiro atoms. The largest absolute Gasteiger partial charge is 0.271 e. The first kappa shape index (κ1) is 13.7. The second-order valence-corrected chi connectivity index (χ2v) is 5.12. The van der Waals surface area contributed by atoms with Gasteiger partial charge in [-0.15, -0.1) is 0 Å². The van der Waals surface area contributed by atoms with Crippen molar-refractivity contribution in [1.29, 1.82) is 0 Å². The Labute approximate surface area is 114 Å². The first-order valence-corrected chi connectivity index (χ1v) is 6.59. The molecule has 2 aromatic rings. The minimum absolute atomic E-state index is 0.239. The Balaban J connectivity index is 2.06. The number of aryl methyl sites for hydroxylation is 2. The maximum absolute atomic E-state index is 5.68.